The molecule has 5 nitrogen and oxygen atoms in total. The molecule has 0 amide bonds. The van der Waals surface area contributed by atoms with Crippen molar-refractivity contribution in [2.24, 2.45) is 5.92 Å². The molecule has 0 saturated heterocycles. The molecule has 0 aromatic carbocycles. The summed E-state index contributed by atoms with van der Waals surface area (Å²) >= 11 is 0. The molecule has 0 spiro atoms. The van der Waals surface area contributed by atoms with E-state index in [1.165, 1.54) is 19.0 Å². The van der Waals surface area contributed by atoms with E-state index in [2.05, 4.69) is 22.2 Å². The molecule has 86 valence electrons. The minimum absolute atomic E-state index is 0.0160. The van der Waals surface area contributed by atoms with Gasteiger partial charge >= 0.3 is 5.97 Å². The number of aromatic carboxylic acids is 1. The molecule has 2 atom stereocenters. The Morgan fingerprint density at radius 1 is 1.62 bits per heavy atom. The highest BCUT2D eigenvalue weighted by atomic mass is 16.4. The Morgan fingerprint density at radius 3 is 3.12 bits per heavy atom. The number of carboxylic acids is 1. The van der Waals surface area contributed by atoms with Gasteiger partial charge in [0, 0.05) is 6.04 Å². The number of carboxylic acid groups (broad SMARTS) is 1. The molecule has 1 fully saturated rings. The molecular weight excluding hydrogens is 206 g/mol. The van der Waals surface area contributed by atoms with Crippen LogP contribution in [0.4, 0.5) is 5.82 Å². The number of carbonyl (C=O) groups is 1. The van der Waals surface area contributed by atoms with E-state index in [1.54, 1.807) is 6.20 Å². The van der Waals surface area contributed by atoms with Crippen LogP contribution < -0.4 is 5.32 Å². The van der Waals surface area contributed by atoms with Crippen molar-refractivity contribution in [2.75, 3.05) is 5.32 Å². The van der Waals surface area contributed by atoms with Crippen molar-refractivity contribution in [1.29, 1.82) is 0 Å². The molecule has 1 aromatic heterocycles. The van der Waals surface area contributed by atoms with Crippen LogP contribution in [0.25, 0.3) is 0 Å². The summed E-state index contributed by atoms with van der Waals surface area (Å²) in [4.78, 5) is 18.5. The average molecular weight is 221 g/mol. The molecule has 1 saturated carbocycles. The number of hydrogen-bond acceptors (Lipinski definition) is 4. The Morgan fingerprint density at radius 2 is 2.44 bits per heavy atom. The van der Waals surface area contributed by atoms with Crippen molar-refractivity contribution in [3.8, 4) is 0 Å². The van der Waals surface area contributed by atoms with Gasteiger partial charge in [-0.05, 0) is 18.8 Å². The maximum absolute atomic E-state index is 10.7. The Labute approximate surface area is 93.9 Å². The van der Waals surface area contributed by atoms with Crippen molar-refractivity contribution in [2.45, 2.75) is 32.2 Å². The molecule has 1 aliphatic carbocycles. The van der Waals surface area contributed by atoms with Gasteiger partial charge in [-0.15, -0.1) is 0 Å². The molecule has 5 heteroatoms. The molecule has 0 bridgehead atoms. The fraction of sp³-hybridized carbons (Fsp3) is 0.545. The zero-order valence-corrected chi connectivity index (χ0v) is 9.18. The molecule has 2 rings (SSSR count). The second-order valence-corrected chi connectivity index (χ2v) is 4.13. The van der Waals surface area contributed by atoms with E-state index >= 15 is 0 Å². The zero-order chi connectivity index (χ0) is 11.5. The van der Waals surface area contributed by atoms with E-state index in [1.807, 2.05) is 0 Å². The number of hydrogen-bond donors (Lipinski definition) is 2. The van der Waals surface area contributed by atoms with Crippen LogP contribution in [0.15, 0.2) is 12.4 Å². The topological polar surface area (TPSA) is 75.1 Å². The first-order chi connectivity index (χ1) is 7.70. The van der Waals surface area contributed by atoms with Crippen LogP contribution in [0.5, 0.6) is 0 Å². The van der Waals surface area contributed by atoms with Gasteiger partial charge in [0.25, 0.3) is 0 Å². The molecule has 1 aliphatic rings. The fourth-order valence-corrected chi connectivity index (χ4v) is 1.84. The summed E-state index contributed by atoms with van der Waals surface area (Å²) in [7, 11) is 0. The summed E-state index contributed by atoms with van der Waals surface area (Å²) in [6.45, 7) is 2.17. The highest BCUT2D eigenvalue weighted by molar-refractivity contribution is 5.85. The Balaban J connectivity index is 1.95. The monoisotopic (exact) mass is 221 g/mol. The predicted molar refractivity (Wildman–Crippen MR) is 59.4 cm³/mol. The third-order valence-electron chi connectivity index (χ3n) is 2.77. The zero-order valence-electron chi connectivity index (χ0n) is 9.18. The van der Waals surface area contributed by atoms with Crippen LogP contribution in [0.1, 0.15) is 36.7 Å². The van der Waals surface area contributed by atoms with Crippen molar-refractivity contribution in [1.82, 2.24) is 9.97 Å². The molecule has 1 aromatic rings. The summed E-state index contributed by atoms with van der Waals surface area (Å²) in [6.07, 6.45) is 6.36. The van der Waals surface area contributed by atoms with Crippen LogP contribution in [0.2, 0.25) is 0 Å². The van der Waals surface area contributed by atoms with E-state index in [0.29, 0.717) is 17.8 Å². The third kappa shape index (κ3) is 2.48. The van der Waals surface area contributed by atoms with E-state index in [0.717, 1.165) is 6.42 Å². The minimum atomic E-state index is -1.04. The van der Waals surface area contributed by atoms with Crippen molar-refractivity contribution >= 4 is 11.8 Å². The second kappa shape index (κ2) is 4.47. The highest BCUT2D eigenvalue weighted by Crippen LogP contribution is 2.36. The van der Waals surface area contributed by atoms with E-state index in [-0.39, 0.29) is 5.69 Å². The number of anilines is 1. The predicted octanol–water partition coefficient (Wildman–Crippen LogP) is 1.78. The Bertz CT molecular complexity index is 395. The fourth-order valence-electron chi connectivity index (χ4n) is 1.84. The molecule has 0 radical (unpaired) electrons. The lowest BCUT2D eigenvalue weighted by Crippen LogP contribution is -2.09. The lowest BCUT2D eigenvalue weighted by molar-refractivity contribution is 0.0690. The summed E-state index contributed by atoms with van der Waals surface area (Å²) < 4.78 is 0. The quantitative estimate of drug-likeness (QED) is 0.792. The second-order valence-electron chi connectivity index (χ2n) is 4.13. The van der Waals surface area contributed by atoms with E-state index in [9.17, 15) is 4.79 Å². The van der Waals surface area contributed by atoms with Crippen LogP contribution in [0.3, 0.4) is 0 Å². The SMILES string of the molecule is CCCC1CC1Nc1cncc(C(=O)O)n1. The smallest absolute Gasteiger partial charge is 0.356 e. The molecule has 1 heterocycles. The van der Waals surface area contributed by atoms with Crippen LogP contribution in [0, 0.1) is 5.92 Å². The largest absolute Gasteiger partial charge is 0.476 e. The number of aromatic nitrogens is 2. The first-order valence-corrected chi connectivity index (χ1v) is 5.52. The van der Waals surface area contributed by atoms with Crippen molar-refractivity contribution in [3.63, 3.8) is 0 Å². The van der Waals surface area contributed by atoms with Crippen molar-refractivity contribution < 1.29 is 9.90 Å². The van der Waals surface area contributed by atoms with E-state index in [4.69, 9.17) is 5.11 Å². The summed E-state index contributed by atoms with van der Waals surface area (Å²) in [5.41, 5.74) is -0.0160. The van der Waals surface area contributed by atoms with Gasteiger partial charge in [0.2, 0.25) is 0 Å². The van der Waals surface area contributed by atoms with Gasteiger partial charge in [0.05, 0.1) is 12.4 Å². The minimum Gasteiger partial charge on any atom is -0.476 e. The Hall–Kier alpha value is -1.65. The highest BCUT2D eigenvalue weighted by Gasteiger charge is 2.36. The lowest BCUT2D eigenvalue weighted by Gasteiger charge is -2.04. The van der Waals surface area contributed by atoms with E-state index < -0.39 is 5.97 Å². The average Bonchev–Trinajstić information content (AvgIpc) is 2.97. The molecule has 2 N–H and O–H groups in total. The summed E-state index contributed by atoms with van der Waals surface area (Å²) in [6, 6.07) is 0.443. The van der Waals surface area contributed by atoms with Gasteiger partial charge in [-0.2, -0.15) is 0 Å². The summed E-state index contributed by atoms with van der Waals surface area (Å²) in [5.74, 6) is 0.223. The number of nitrogens with one attached hydrogen (secondary N) is 1. The number of nitrogens with zero attached hydrogens (tertiary/aromatic N) is 2. The van der Waals surface area contributed by atoms with Gasteiger partial charge in [-0.25, -0.2) is 9.78 Å². The van der Waals surface area contributed by atoms with Gasteiger partial charge in [0.15, 0.2) is 5.69 Å². The van der Waals surface area contributed by atoms with Gasteiger partial charge in [0.1, 0.15) is 5.82 Å². The maximum Gasteiger partial charge on any atom is 0.356 e. The van der Waals surface area contributed by atoms with Crippen LogP contribution in [-0.2, 0) is 0 Å². The van der Waals surface area contributed by atoms with Crippen molar-refractivity contribution in [3.05, 3.63) is 18.1 Å². The van der Waals surface area contributed by atoms with Crippen LogP contribution >= 0.6 is 0 Å². The molecule has 16 heavy (non-hydrogen) atoms. The third-order valence-corrected chi connectivity index (χ3v) is 2.77. The molecular formula is C11H15N3O2. The first kappa shape index (κ1) is 10.9. The molecule has 2 unspecified atom stereocenters. The van der Waals surface area contributed by atoms with Gasteiger partial charge < -0.3 is 10.4 Å². The maximum atomic E-state index is 10.7. The Kier molecular flexibility index (Phi) is 3.03. The van der Waals surface area contributed by atoms with Crippen LogP contribution in [-0.4, -0.2) is 27.1 Å². The normalized spacial score (nSPS) is 22.8. The molecule has 0 aliphatic heterocycles. The lowest BCUT2D eigenvalue weighted by atomic mass is 10.2. The number of rotatable bonds is 5. The first-order valence-electron chi connectivity index (χ1n) is 5.52. The standard InChI is InChI=1S/C11H15N3O2/c1-2-3-7-4-8(7)13-10-6-12-5-9(14-10)11(15)16/h5-8H,2-4H2,1H3,(H,13,14)(H,15,16). The van der Waals surface area contributed by atoms with Gasteiger partial charge in [-0.1, -0.05) is 13.3 Å². The van der Waals surface area contributed by atoms with Gasteiger partial charge in [-0.3, -0.25) is 4.98 Å². The summed E-state index contributed by atoms with van der Waals surface area (Å²) in [5, 5.41) is 12.0.